The fraction of sp³-hybridized carbons (Fsp3) is 0.455. The summed E-state index contributed by atoms with van der Waals surface area (Å²) in [5, 5.41) is 32.9. The maximum Gasteiger partial charge on any atom is 0.338 e. The molecule has 30 heavy (non-hydrogen) atoms. The van der Waals surface area contributed by atoms with E-state index in [4.69, 9.17) is 16.3 Å². The lowest BCUT2D eigenvalue weighted by Gasteiger charge is -2.35. The number of hydrogen-bond donors (Lipinski definition) is 3. The van der Waals surface area contributed by atoms with Crippen LogP contribution in [0.4, 0.5) is 0 Å². The summed E-state index contributed by atoms with van der Waals surface area (Å²) < 4.78 is 5.62. The number of nitriles is 1. The van der Waals surface area contributed by atoms with E-state index in [-0.39, 0.29) is 29.3 Å². The van der Waals surface area contributed by atoms with Gasteiger partial charge < -0.3 is 25.2 Å². The zero-order valence-electron chi connectivity index (χ0n) is 17.9. The average molecular weight is 434 g/mol. The highest BCUT2D eigenvalue weighted by molar-refractivity contribution is 6.33. The summed E-state index contributed by atoms with van der Waals surface area (Å²) in [5.74, 6) is -0.670. The first-order valence-electron chi connectivity index (χ1n) is 9.74. The van der Waals surface area contributed by atoms with Gasteiger partial charge in [0.1, 0.15) is 18.5 Å². The van der Waals surface area contributed by atoms with E-state index in [1.807, 2.05) is 20.8 Å². The molecule has 7 nitrogen and oxygen atoms in total. The van der Waals surface area contributed by atoms with Gasteiger partial charge in [-0.05, 0) is 32.0 Å². The number of allylic oxidation sites excluding steroid dienone is 1. The first kappa shape index (κ1) is 23.7. The first-order chi connectivity index (χ1) is 14.1. The number of nitrogens with one attached hydrogen (secondary N) is 1. The molecule has 3 N–H and O–H groups in total. The second-order valence-corrected chi connectivity index (χ2v) is 8.03. The fourth-order valence-electron chi connectivity index (χ4n) is 3.29. The van der Waals surface area contributed by atoms with Crippen LogP contribution in [0.15, 0.2) is 35.0 Å². The second-order valence-electron chi connectivity index (χ2n) is 7.62. The van der Waals surface area contributed by atoms with Gasteiger partial charge in [0.2, 0.25) is 0 Å². The third-order valence-electron chi connectivity index (χ3n) is 5.16. The topological polar surface area (TPSA) is 106 Å². The molecule has 1 aliphatic rings. The van der Waals surface area contributed by atoms with Crippen LogP contribution in [0.25, 0.3) is 5.57 Å². The number of aliphatic carboxylic acids is 1. The molecule has 0 radical (unpaired) electrons. The van der Waals surface area contributed by atoms with Gasteiger partial charge in [-0.1, -0.05) is 25.4 Å². The summed E-state index contributed by atoms with van der Waals surface area (Å²) in [6.07, 6.45) is -0.683. The van der Waals surface area contributed by atoms with Crippen molar-refractivity contribution in [2.24, 2.45) is 0 Å². The van der Waals surface area contributed by atoms with Crippen molar-refractivity contribution in [3.63, 3.8) is 0 Å². The van der Waals surface area contributed by atoms with Gasteiger partial charge in [0, 0.05) is 36.5 Å². The molecule has 1 aromatic rings. The molecule has 2 unspecified atom stereocenters. The second kappa shape index (κ2) is 9.98. The molecule has 0 saturated heterocycles. The summed E-state index contributed by atoms with van der Waals surface area (Å²) in [4.78, 5) is 13.8. The molecule has 1 aliphatic heterocycles. The van der Waals surface area contributed by atoms with E-state index >= 15 is 0 Å². The first-order valence-corrected chi connectivity index (χ1v) is 10.1. The van der Waals surface area contributed by atoms with Gasteiger partial charge >= 0.3 is 5.97 Å². The Morgan fingerprint density at radius 1 is 1.43 bits per heavy atom. The average Bonchev–Trinajstić information content (AvgIpc) is 2.68. The number of ether oxygens (including phenoxy) is 1. The Kier molecular flexibility index (Phi) is 7.90. The van der Waals surface area contributed by atoms with Crippen molar-refractivity contribution in [2.75, 3.05) is 20.2 Å². The van der Waals surface area contributed by atoms with E-state index in [9.17, 15) is 20.3 Å². The summed E-state index contributed by atoms with van der Waals surface area (Å²) in [6.45, 7) is 8.02. The molecule has 1 heterocycles. The van der Waals surface area contributed by atoms with E-state index in [1.54, 1.807) is 37.1 Å². The number of aliphatic hydroxyl groups is 1. The van der Waals surface area contributed by atoms with E-state index in [0.717, 1.165) is 0 Å². The largest absolute Gasteiger partial charge is 0.491 e. The Balaban J connectivity index is 2.35. The minimum absolute atomic E-state index is 0.0536. The molecule has 0 fully saturated rings. The summed E-state index contributed by atoms with van der Waals surface area (Å²) in [5.41, 5.74) is 1.73. The van der Waals surface area contributed by atoms with Crippen molar-refractivity contribution >= 4 is 23.1 Å². The Morgan fingerprint density at radius 3 is 2.63 bits per heavy atom. The predicted molar refractivity (Wildman–Crippen MR) is 116 cm³/mol. The molecule has 0 bridgehead atoms. The van der Waals surface area contributed by atoms with Crippen LogP contribution in [0.3, 0.4) is 0 Å². The Morgan fingerprint density at radius 2 is 2.10 bits per heavy atom. The molecular formula is C22H28ClN3O4. The molecule has 0 spiro atoms. The van der Waals surface area contributed by atoms with Gasteiger partial charge in [0.15, 0.2) is 0 Å². The minimum atomic E-state index is -1.12. The van der Waals surface area contributed by atoms with Crippen LogP contribution in [0.2, 0.25) is 5.02 Å². The van der Waals surface area contributed by atoms with Crippen molar-refractivity contribution in [1.82, 2.24) is 10.2 Å². The molecular weight excluding hydrogens is 406 g/mol. The van der Waals surface area contributed by atoms with Gasteiger partial charge in [-0.15, -0.1) is 0 Å². The summed E-state index contributed by atoms with van der Waals surface area (Å²) in [7, 11) is 1.76. The minimum Gasteiger partial charge on any atom is -0.491 e. The molecule has 0 aromatic heterocycles. The highest BCUT2D eigenvalue weighted by Crippen LogP contribution is 2.40. The number of aliphatic hydroxyl groups excluding tert-OH is 1. The fourth-order valence-corrected chi connectivity index (χ4v) is 3.55. The van der Waals surface area contributed by atoms with E-state index in [2.05, 4.69) is 11.4 Å². The number of halogens is 1. The third-order valence-corrected chi connectivity index (χ3v) is 5.47. The molecule has 2 rings (SSSR count). The Labute approximate surface area is 182 Å². The van der Waals surface area contributed by atoms with Crippen LogP contribution in [-0.2, 0) is 4.79 Å². The van der Waals surface area contributed by atoms with E-state index < -0.39 is 12.1 Å². The van der Waals surface area contributed by atoms with Gasteiger partial charge in [-0.3, -0.25) is 0 Å². The highest BCUT2D eigenvalue weighted by Gasteiger charge is 2.33. The normalized spacial score (nSPS) is 18.0. The number of hydrogen-bond acceptors (Lipinski definition) is 6. The van der Waals surface area contributed by atoms with Crippen LogP contribution in [0.5, 0.6) is 5.75 Å². The summed E-state index contributed by atoms with van der Waals surface area (Å²) in [6, 6.07) is 7.00. The molecule has 162 valence electrons. The molecule has 8 heteroatoms. The van der Waals surface area contributed by atoms with Crippen molar-refractivity contribution in [3.8, 4) is 11.8 Å². The number of carboxylic acid groups (broad SMARTS) is 1. The quantitative estimate of drug-likeness (QED) is 0.578. The molecule has 0 saturated carbocycles. The molecule has 0 aliphatic carbocycles. The molecule has 0 amide bonds. The van der Waals surface area contributed by atoms with E-state index in [1.165, 1.54) is 0 Å². The van der Waals surface area contributed by atoms with Crippen molar-refractivity contribution in [2.45, 2.75) is 45.9 Å². The zero-order chi connectivity index (χ0) is 22.6. The Bertz CT molecular complexity index is 917. The predicted octanol–water partition coefficient (Wildman–Crippen LogP) is 3.05. The Hall–Kier alpha value is -2.53. The van der Waals surface area contributed by atoms with Crippen LogP contribution in [0.1, 0.15) is 33.3 Å². The van der Waals surface area contributed by atoms with Gasteiger partial charge in [-0.2, -0.15) is 5.26 Å². The number of carbonyl (C=O) groups is 1. The molecule has 1 aromatic carbocycles. The lowest BCUT2D eigenvalue weighted by Crippen LogP contribution is -2.35. The number of nitrogens with zero attached hydrogens (tertiary/aromatic N) is 2. The SMILES string of the molecule is CC1=C(C(=O)O)C(c2ccc(OCC(O)CNC(C)C)cc2Cl)=C(C#N)C(C)N1C. The van der Waals surface area contributed by atoms with Crippen LogP contribution in [0, 0.1) is 11.3 Å². The highest BCUT2D eigenvalue weighted by atomic mass is 35.5. The van der Waals surface area contributed by atoms with Gasteiger partial charge in [0.25, 0.3) is 0 Å². The van der Waals surface area contributed by atoms with E-state index in [0.29, 0.717) is 34.7 Å². The smallest absolute Gasteiger partial charge is 0.338 e. The standard InChI is InChI=1S/C22H28ClN3O4/c1-12(2)25-10-15(27)11-30-16-6-7-17(19(23)8-16)21-18(9-24)13(3)26(5)14(4)20(21)22(28)29/h6-8,12-13,15,25,27H,10-11H2,1-5H3,(H,28,29). The molecule has 2 atom stereocenters. The van der Waals surface area contributed by atoms with Gasteiger partial charge in [-0.25, -0.2) is 4.79 Å². The van der Waals surface area contributed by atoms with Crippen LogP contribution >= 0.6 is 11.6 Å². The van der Waals surface area contributed by atoms with Crippen molar-refractivity contribution < 1.29 is 19.7 Å². The lowest BCUT2D eigenvalue weighted by atomic mass is 9.85. The van der Waals surface area contributed by atoms with Crippen molar-refractivity contribution in [1.29, 1.82) is 5.26 Å². The van der Waals surface area contributed by atoms with Crippen molar-refractivity contribution in [3.05, 3.63) is 45.6 Å². The number of carboxylic acids is 1. The maximum absolute atomic E-state index is 12.0. The zero-order valence-corrected chi connectivity index (χ0v) is 18.6. The number of benzene rings is 1. The lowest BCUT2D eigenvalue weighted by molar-refractivity contribution is -0.132. The third kappa shape index (κ3) is 5.14. The number of likely N-dealkylation sites (N-methyl/N-ethyl adjacent to an activating group) is 1. The van der Waals surface area contributed by atoms with Crippen LogP contribution < -0.4 is 10.1 Å². The van der Waals surface area contributed by atoms with Gasteiger partial charge in [0.05, 0.1) is 28.3 Å². The van der Waals surface area contributed by atoms with Crippen LogP contribution in [-0.4, -0.2) is 59.5 Å². The summed E-state index contributed by atoms with van der Waals surface area (Å²) >= 11 is 6.48. The maximum atomic E-state index is 12.0. The monoisotopic (exact) mass is 433 g/mol. The number of rotatable bonds is 8.